The average molecular weight is 370 g/mol. The Hall–Kier alpha value is -2.24. The fraction of sp³-hybridized carbons (Fsp3) is 0.455. The molecule has 2 aromatic rings. The van der Waals surface area contributed by atoms with Gasteiger partial charge in [-0.25, -0.2) is 4.79 Å². The molecular weight excluding hydrogens is 340 g/mol. The minimum absolute atomic E-state index is 0.156. The number of nitrogens with one attached hydrogen (secondary N) is 1. The molecule has 0 radical (unpaired) electrons. The normalized spacial score (nSPS) is 18.2. The molecule has 146 valence electrons. The lowest BCUT2D eigenvalue weighted by Crippen LogP contribution is -2.59. The number of benzene rings is 1. The van der Waals surface area contributed by atoms with Gasteiger partial charge in [0.25, 0.3) is 0 Å². The number of nitrogens with zero attached hydrogens (tertiary/aromatic N) is 1. The molecule has 0 atom stereocenters. The van der Waals surface area contributed by atoms with Gasteiger partial charge in [-0.05, 0) is 58.2 Å². The molecule has 1 aromatic heterocycles. The van der Waals surface area contributed by atoms with Crippen molar-refractivity contribution in [2.45, 2.75) is 64.3 Å². The monoisotopic (exact) mass is 370 g/mol. The first-order valence-electron chi connectivity index (χ1n) is 9.25. The summed E-state index contributed by atoms with van der Waals surface area (Å²) in [6, 6.07) is 13.5. The van der Waals surface area contributed by atoms with Crippen molar-refractivity contribution < 1.29 is 14.6 Å². The third-order valence-corrected chi connectivity index (χ3v) is 4.39. The van der Waals surface area contributed by atoms with Crippen LogP contribution in [0.25, 0.3) is 0 Å². The minimum atomic E-state index is -0.942. The first kappa shape index (κ1) is 21.1. The van der Waals surface area contributed by atoms with Crippen LogP contribution in [0.4, 0.5) is 0 Å². The molecule has 1 fully saturated rings. The SMILES string of the molecule is CC1(C)CC(OCc2ccccc2)CC(C)(C)N1.O=C(O)c1cccnc1. The van der Waals surface area contributed by atoms with Crippen LogP contribution in [0.2, 0.25) is 0 Å². The zero-order valence-corrected chi connectivity index (χ0v) is 16.6. The summed E-state index contributed by atoms with van der Waals surface area (Å²) >= 11 is 0. The van der Waals surface area contributed by atoms with E-state index in [1.54, 1.807) is 6.07 Å². The molecule has 0 aliphatic carbocycles. The molecule has 1 saturated heterocycles. The van der Waals surface area contributed by atoms with Gasteiger partial charge in [0.1, 0.15) is 0 Å². The number of hydrogen-bond donors (Lipinski definition) is 2. The van der Waals surface area contributed by atoms with Crippen molar-refractivity contribution in [2.75, 3.05) is 0 Å². The van der Waals surface area contributed by atoms with Crippen molar-refractivity contribution in [3.05, 3.63) is 66.0 Å². The number of carbonyl (C=O) groups is 1. The Morgan fingerprint density at radius 2 is 1.74 bits per heavy atom. The van der Waals surface area contributed by atoms with Crippen LogP contribution in [0.15, 0.2) is 54.9 Å². The van der Waals surface area contributed by atoms with Crippen molar-refractivity contribution in [2.24, 2.45) is 0 Å². The van der Waals surface area contributed by atoms with Crippen LogP contribution in [-0.2, 0) is 11.3 Å². The standard InChI is InChI=1S/C16H25NO.C6H5NO2/c1-15(2)10-14(11-16(3,4)17-15)18-12-13-8-6-5-7-9-13;8-6(9)5-2-1-3-7-4-5/h5-9,14,17H,10-12H2,1-4H3;1-4H,(H,8,9). The zero-order chi connectivity index (χ0) is 19.9. The molecule has 1 aliphatic heterocycles. The van der Waals surface area contributed by atoms with Gasteiger partial charge in [-0.2, -0.15) is 0 Å². The summed E-state index contributed by atoms with van der Waals surface area (Å²) in [7, 11) is 0. The van der Waals surface area contributed by atoms with E-state index in [2.05, 4.69) is 62.3 Å². The highest BCUT2D eigenvalue weighted by molar-refractivity contribution is 5.86. The van der Waals surface area contributed by atoms with Gasteiger partial charge in [-0.3, -0.25) is 4.98 Å². The van der Waals surface area contributed by atoms with E-state index >= 15 is 0 Å². The van der Waals surface area contributed by atoms with Crippen LogP contribution in [0.3, 0.4) is 0 Å². The van der Waals surface area contributed by atoms with Gasteiger partial charge in [0.15, 0.2) is 0 Å². The molecular formula is C22H30N2O3. The molecule has 2 heterocycles. The Morgan fingerprint density at radius 1 is 1.11 bits per heavy atom. The Kier molecular flexibility index (Phi) is 7.11. The Balaban J connectivity index is 0.000000244. The lowest BCUT2D eigenvalue weighted by Gasteiger charge is -2.46. The van der Waals surface area contributed by atoms with Crippen LogP contribution in [-0.4, -0.2) is 33.2 Å². The van der Waals surface area contributed by atoms with E-state index in [1.807, 2.05) is 6.07 Å². The van der Waals surface area contributed by atoms with Crippen molar-refractivity contribution in [1.29, 1.82) is 0 Å². The molecule has 0 bridgehead atoms. The summed E-state index contributed by atoms with van der Waals surface area (Å²) in [5.74, 6) is -0.942. The highest BCUT2D eigenvalue weighted by Crippen LogP contribution is 2.30. The second-order valence-electron chi connectivity index (χ2n) is 8.27. The number of pyridine rings is 1. The lowest BCUT2D eigenvalue weighted by atomic mass is 9.81. The number of ether oxygens (including phenoxy) is 1. The van der Waals surface area contributed by atoms with E-state index in [4.69, 9.17) is 9.84 Å². The second kappa shape index (κ2) is 9.11. The predicted octanol–water partition coefficient (Wildman–Crippen LogP) is 4.29. The summed E-state index contributed by atoms with van der Waals surface area (Å²) in [5.41, 5.74) is 1.79. The van der Waals surface area contributed by atoms with E-state index < -0.39 is 5.97 Å². The molecule has 0 amide bonds. The second-order valence-corrected chi connectivity index (χ2v) is 8.27. The lowest BCUT2D eigenvalue weighted by molar-refractivity contribution is -0.0303. The topological polar surface area (TPSA) is 71.5 Å². The molecule has 3 rings (SSSR count). The molecule has 1 aliphatic rings. The summed E-state index contributed by atoms with van der Waals surface area (Å²) in [5, 5.41) is 12.0. The number of rotatable bonds is 4. The number of carboxylic acid groups (broad SMARTS) is 1. The molecule has 27 heavy (non-hydrogen) atoms. The van der Waals surface area contributed by atoms with E-state index in [1.165, 1.54) is 24.0 Å². The number of carboxylic acids is 1. The molecule has 0 spiro atoms. The maximum atomic E-state index is 10.2. The maximum Gasteiger partial charge on any atom is 0.337 e. The predicted molar refractivity (Wildman–Crippen MR) is 107 cm³/mol. The Labute approximate surface area is 161 Å². The van der Waals surface area contributed by atoms with E-state index in [9.17, 15) is 4.79 Å². The molecule has 5 heteroatoms. The zero-order valence-electron chi connectivity index (χ0n) is 16.6. The maximum absolute atomic E-state index is 10.2. The van der Waals surface area contributed by atoms with Crippen molar-refractivity contribution >= 4 is 5.97 Å². The number of aromatic carboxylic acids is 1. The van der Waals surface area contributed by atoms with Crippen LogP contribution in [0.1, 0.15) is 56.5 Å². The van der Waals surface area contributed by atoms with Crippen molar-refractivity contribution in [1.82, 2.24) is 10.3 Å². The van der Waals surface area contributed by atoms with Gasteiger partial charge in [-0.1, -0.05) is 30.3 Å². The highest BCUT2D eigenvalue weighted by Gasteiger charge is 2.37. The fourth-order valence-electron chi connectivity index (χ4n) is 3.62. The quantitative estimate of drug-likeness (QED) is 0.840. The molecule has 5 nitrogen and oxygen atoms in total. The largest absolute Gasteiger partial charge is 0.478 e. The molecule has 0 saturated carbocycles. The van der Waals surface area contributed by atoms with Crippen LogP contribution in [0, 0.1) is 0 Å². The van der Waals surface area contributed by atoms with Gasteiger partial charge in [0.2, 0.25) is 0 Å². The minimum Gasteiger partial charge on any atom is -0.478 e. The van der Waals surface area contributed by atoms with Gasteiger partial charge < -0.3 is 15.2 Å². The molecule has 0 unspecified atom stereocenters. The van der Waals surface area contributed by atoms with E-state index in [-0.39, 0.29) is 16.6 Å². The summed E-state index contributed by atoms with van der Waals surface area (Å²) < 4.78 is 6.10. The Bertz CT molecular complexity index is 699. The first-order chi connectivity index (χ1) is 12.7. The third-order valence-electron chi connectivity index (χ3n) is 4.39. The summed E-state index contributed by atoms with van der Waals surface area (Å²) in [6.45, 7) is 9.75. The Morgan fingerprint density at radius 3 is 2.22 bits per heavy atom. The van der Waals surface area contributed by atoms with Crippen LogP contribution >= 0.6 is 0 Å². The van der Waals surface area contributed by atoms with Gasteiger partial charge in [0, 0.05) is 23.5 Å². The summed E-state index contributed by atoms with van der Waals surface area (Å²) in [6.07, 6.45) is 5.33. The third kappa shape index (κ3) is 7.49. The molecule has 2 N–H and O–H groups in total. The van der Waals surface area contributed by atoms with Crippen molar-refractivity contribution in [3.8, 4) is 0 Å². The highest BCUT2D eigenvalue weighted by atomic mass is 16.5. The fourth-order valence-corrected chi connectivity index (χ4v) is 3.62. The number of aromatic nitrogens is 1. The van der Waals surface area contributed by atoms with Gasteiger partial charge >= 0.3 is 5.97 Å². The number of hydrogen-bond acceptors (Lipinski definition) is 4. The average Bonchev–Trinajstić information content (AvgIpc) is 2.60. The van der Waals surface area contributed by atoms with E-state index in [0.29, 0.717) is 6.10 Å². The smallest absolute Gasteiger partial charge is 0.337 e. The van der Waals surface area contributed by atoms with E-state index in [0.717, 1.165) is 19.4 Å². The van der Waals surface area contributed by atoms with Crippen LogP contribution in [0.5, 0.6) is 0 Å². The number of piperidine rings is 1. The molecule has 1 aromatic carbocycles. The summed E-state index contributed by atoms with van der Waals surface area (Å²) in [4.78, 5) is 13.8. The first-order valence-corrected chi connectivity index (χ1v) is 9.25. The van der Waals surface area contributed by atoms with Crippen molar-refractivity contribution in [3.63, 3.8) is 0 Å². The van der Waals surface area contributed by atoms with Gasteiger partial charge in [-0.15, -0.1) is 0 Å². The van der Waals surface area contributed by atoms with Gasteiger partial charge in [0.05, 0.1) is 18.3 Å². The van der Waals surface area contributed by atoms with Crippen LogP contribution < -0.4 is 5.32 Å².